The lowest BCUT2D eigenvalue weighted by molar-refractivity contribution is 0.128. The molecule has 0 amide bonds. The summed E-state index contributed by atoms with van der Waals surface area (Å²) in [6, 6.07) is 12.0. The van der Waals surface area contributed by atoms with Crippen LogP contribution in [0.25, 0.3) is 0 Å². The minimum atomic E-state index is -0.218. The zero-order valence-corrected chi connectivity index (χ0v) is 10.5. The fourth-order valence-corrected chi connectivity index (χ4v) is 1.89. The third-order valence-electron chi connectivity index (χ3n) is 2.24. The molecule has 0 aromatic heterocycles. The Morgan fingerprint density at radius 1 is 0.938 bits per heavy atom. The predicted octanol–water partition coefficient (Wildman–Crippen LogP) is 4.24. The maximum absolute atomic E-state index is 6.21. The van der Waals surface area contributed by atoms with Crippen molar-refractivity contribution >= 4 is 11.6 Å². The molecule has 0 N–H and O–H groups in total. The summed E-state index contributed by atoms with van der Waals surface area (Å²) in [7, 11) is 0. The number of hydrogen-bond donors (Lipinski definition) is 0. The van der Waals surface area contributed by atoms with Crippen molar-refractivity contribution in [2.45, 2.75) is 26.4 Å². The molecule has 84 valence electrons. The van der Waals surface area contributed by atoms with Gasteiger partial charge in [-0.05, 0) is 20.8 Å². The molecule has 0 saturated carbocycles. The summed E-state index contributed by atoms with van der Waals surface area (Å²) in [5.41, 5.74) is -0.218. The fourth-order valence-electron chi connectivity index (χ4n) is 1.58. The quantitative estimate of drug-likeness (QED) is 0.717. The van der Waals surface area contributed by atoms with Crippen molar-refractivity contribution in [2.75, 3.05) is 0 Å². The van der Waals surface area contributed by atoms with E-state index in [9.17, 15) is 0 Å². The van der Waals surface area contributed by atoms with Gasteiger partial charge in [0.25, 0.3) is 0 Å². The van der Waals surface area contributed by atoms with Crippen LogP contribution in [0, 0.1) is 10.4 Å². The van der Waals surface area contributed by atoms with Crippen LogP contribution in [0.5, 0.6) is 5.75 Å². The second-order valence-electron chi connectivity index (χ2n) is 4.79. The topological polar surface area (TPSA) is 9.23 Å². The van der Waals surface area contributed by atoms with E-state index in [2.05, 4.69) is 0 Å². The van der Waals surface area contributed by atoms with Crippen molar-refractivity contribution in [1.82, 2.24) is 0 Å². The van der Waals surface area contributed by atoms with E-state index in [1.165, 1.54) is 0 Å². The normalized spacial score (nSPS) is 11.8. The van der Waals surface area contributed by atoms with Crippen LogP contribution in [0.4, 0.5) is 0 Å². The van der Waals surface area contributed by atoms with Crippen LogP contribution >= 0.6 is 11.6 Å². The molecular weight excluding hydrogens is 220 g/mol. The van der Waals surface area contributed by atoms with Crippen LogP contribution in [0.3, 0.4) is 0 Å². The van der Waals surface area contributed by atoms with E-state index >= 15 is 0 Å². The average molecular weight is 235 g/mol. The Morgan fingerprint density at radius 2 is 1.50 bits per heavy atom. The van der Waals surface area contributed by atoms with Crippen molar-refractivity contribution in [2.24, 2.45) is 0 Å². The molecule has 1 nitrogen and oxygen atoms in total. The van der Waals surface area contributed by atoms with Crippen LogP contribution in [-0.4, -0.2) is 5.60 Å². The summed E-state index contributed by atoms with van der Waals surface area (Å²) in [4.78, 5) is 0. The van der Waals surface area contributed by atoms with Crippen LogP contribution in [-0.2, 0) is 0 Å². The van der Waals surface area contributed by atoms with Gasteiger partial charge in [0, 0.05) is 10.4 Å². The minimum Gasteiger partial charge on any atom is -0.486 e. The van der Waals surface area contributed by atoms with Crippen LogP contribution in [0.15, 0.2) is 36.4 Å². The predicted molar refractivity (Wildman–Crippen MR) is 67.1 cm³/mol. The molecule has 16 heavy (non-hydrogen) atoms. The molecule has 0 atom stereocenters. The highest BCUT2D eigenvalue weighted by Gasteiger charge is 2.19. The first-order chi connectivity index (χ1) is 7.49. The highest BCUT2D eigenvalue weighted by molar-refractivity contribution is 6.33. The van der Waals surface area contributed by atoms with Gasteiger partial charge in [0.1, 0.15) is 11.4 Å². The van der Waals surface area contributed by atoms with Crippen LogP contribution < -0.4 is 4.74 Å². The molecule has 0 aromatic rings. The Bertz CT molecular complexity index is 554. The first kappa shape index (κ1) is 11.3. The van der Waals surface area contributed by atoms with Gasteiger partial charge in [-0.2, -0.15) is 0 Å². The molecular formula is C14H15ClO. The van der Waals surface area contributed by atoms with Crippen molar-refractivity contribution in [3.63, 3.8) is 0 Å². The molecule has 0 saturated heterocycles. The first-order valence-corrected chi connectivity index (χ1v) is 5.72. The lowest BCUT2D eigenvalue weighted by atomic mass is 10.1. The molecule has 2 aliphatic rings. The lowest BCUT2D eigenvalue weighted by Gasteiger charge is -2.24. The molecule has 0 fully saturated rings. The van der Waals surface area contributed by atoms with Crippen molar-refractivity contribution < 1.29 is 4.74 Å². The van der Waals surface area contributed by atoms with E-state index in [0.717, 1.165) is 21.2 Å². The van der Waals surface area contributed by atoms with Crippen LogP contribution in [0.1, 0.15) is 20.8 Å². The maximum Gasteiger partial charge on any atom is 0.147 e. The zero-order valence-electron chi connectivity index (χ0n) is 9.75. The zero-order chi connectivity index (χ0) is 11.8. The highest BCUT2D eigenvalue weighted by atomic mass is 35.5. The molecule has 0 spiro atoms. The molecule has 0 radical (unpaired) electrons. The van der Waals surface area contributed by atoms with Gasteiger partial charge in [0.05, 0.1) is 5.02 Å². The Hall–Kier alpha value is -1.21. The van der Waals surface area contributed by atoms with Gasteiger partial charge in [-0.1, -0.05) is 48.0 Å². The monoisotopic (exact) mass is 234 g/mol. The maximum atomic E-state index is 6.21. The number of hydrogen-bond acceptors (Lipinski definition) is 1. The second-order valence-corrected chi connectivity index (χ2v) is 5.17. The molecule has 0 unspecified atom stereocenters. The summed E-state index contributed by atoms with van der Waals surface area (Å²) in [5.74, 6) is 0.806. The van der Waals surface area contributed by atoms with Crippen molar-refractivity contribution in [3.8, 4) is 5.75 Å². The third-order valence-corrected chi connectivity index (χ3v) is 2.61. The smallest absolute Gasteiger partial charge is 0.147 e. The van der Waals surface area contributed by atoms with Gasteiger partial charge in [-0.3, -0.25) is 0 Å². The highest BCUT2D eigenvalue weighted by Crippen LogP contribution is 2.35. The summed E-state index contributed by atoms with van der Waals surface area (Å²) >= 11 is 6.21. The minimum absolute atomic E-state index is 0.218. The Kier molecular flexibility index (Phi) is 2.81. The van der Waals surface area contributed by atoms with Gasteiger partial charge in [0.2, 0.25) is 0 Å². The molecule has 0 heterocycles. The van der Waals surface area contributed by atoms with E-state index in [-0.39, 0.29) is 5.60 Å². The largest absolute Gasteiger partial charge is 0.486 e. The molecule has 2 rings (SSSR count). The lowest BCUT2D eigenvalue weighted by Crippen LogP contribution is -2.24. The van der Waals surface area contributed by atoms with E-state index in [1.54, 1.807) is 0 Å². The van der Waals surface area contributed by atoms with Gasteiger partial charge >= 0.3 is 0 Å². The Labute approximate surface area is 101 Å². The number of rotatable bonds is 1. The summed E-state index contributed by atoms with van der Waals surface area (Å²) < 4.78 is 5.83. The van der Waals surface area contributed by atoms with E-state index < -0.39 is 0 Å². The first-order valence-electron chi connectivity index (χ1n) is 5.34. The van der Waals surface area contributed by atoms with E-state index in [1.807, 2.05) is 57.2 Å². The summed E-state index contributed by atoms with van der Waals surface area (Å²) in [6.07, 6.45) is 0. The second kappa shape index (κ2) is 3.99. The average Bonchev–Trinajstić information content (AvgIpc) is 2.14. The molecule has 0 aliphatic heterocycles. The third kappa shape index (κ3) is 2.14. The summed E-state index contributed by atoms with van der Waals surface area (Å²) in [6.45, 7) is 6.06. The van der Waals surface area contributed by atoms with Crippen molar-refractivity contribution in [3.05, 3.63) is 51.9 Å². The fraction of sp³-hybridized carbons (Fsp3) is 0.286. The standard InChI is InChI=1S/C14H15ClO/c1-14(2,3)16-13-11-9-7-5-4-6-8-10(11)12(13)15/h4-9H,1-3H3. The van der Waals surface area contributed by atoms with Gasteiger partial charge in [-0.25, -0.2) is 0 Å². The summed E-state index contributed by atoms with van der Waals surface area (Å²) in [5, 5.41) is 2.86. The van der Waals surface area contributed by atoms with E-state index in [0.29, 0.717) is 0 Å². The number of ether oxygens (including phenoxy) is 1. The Morgan fingerprint density at radius 3 is 2.06 bits per heavy atom. The van der Waals surface area contributed by atoms with Gasteiger partial charge in [0.15, 0.2) is 0 Å². The molecule has 0 bridgehead atoms. The van der Waals surface area contributed by atoms with Gasteiger partial charge < -0.3 is 4.74 Å². The van der Waals surface area contributed by atoms with Crippen molar-refractivity contribution in [1.29, 1.82) is 0 Å². The van der Waals surface area contributed by atoms with Gasteiger partial charge in [-0.15, -0.1) is 0 Å². The number of halogens is 1. The SMILES string of the molecule is CC(C)(C)Oc1c(Cl)c2ccccccc1=2. The van der Waals surface area contributed by atoms with Crippen LogP contribution in [0.2, 0.25) is 5.02 Å². The molecule has 2 heteroatoms. The molecule has 2 aliphatic carbocycles. The van der Waals surface area contributed by atoms with E-state index in [4.69, 9.17) is 16.3 Å². The Balaban J connectivity index is 2.56. The molecule has 0 aromatic carbocycles.